The fourth-order valence-corrected chi connectivity index (χ4v) is 4.45. The van der Waals surface area contributed by atoms with Crippen LogP contribution < -0.4 is 10.1 Å². The van der Waals surface area contributed by atoms with Crippen molar-refractivity contribution in [3.8, 4) is 23.0 Å². The Kier molecular flexibility index (Phi) is 6.81. The van der Waals surface area contributed by atoms with Gasteiger partial charge in [0.2, 0.25) is 0 Å². The van der Waals surface area contributed by atoms with Crippen LogP contribution in [0.4, 0.5) is 0 Å². The number of amides is 1. The molecule has 0 saturated heterocycles. The van der Waals surface area contributed by atoms with Crippen LogP contribution in [0.25, 0.3) is 17.2 Å². The molecular weight excluding hydrogens is 438 g/mol. The van der Waals surface area contributed by atoms with Crippen molar-refractivity contribution in [3.63, 3.8) is 0 Å². The summed E-state index contributed by atoms with van der Waals surface area (Å²) in [5, 5.41) is 7.34. The summed E-state index contributed by atoms with van der Waals surface area (Å²) in [4.78, 5) is 24.4. The van der Waals surface area contributed by atoms with E-state index in [1.54, 1.807) is 36.4 Å². The summed E-state index contributed by atoms with van der Waals surface area (Å²) in [6.45, 7) is 4.72. The zero-order valence-electron chi connectivity index (χ0n) is 19.0. The van der Waals surface area contributed by atoms with E-state index in [0.717, 1.165) is 22.6 Å². The fraction of sp³-hybridized carbons (Fsp3) is 0.250. The molecule has 1 amide bonds. The lowest BCUT2D eigenvalue weighted by molar-refractivity contribution is 0.0945. The number of thiophene rings is 1. The highest BCUT2D eigenvalue weighted by Gasteiger charge is 2.20. The van der Waals surface area contributed by atoms with Crippen molar-refractivity contribution >= 4 is 17.2 Å². The van der Waals surface area contributed by atoms with E-state index in [1.807, 2.05) is 30.3 Å². The van der Waals surface area contributed by atoms with Gasteiger partial charge in [-0.15, -0.1) is 11.3 Å². The Balaban J connectivity index is 1.59. The van der Waals surface area contributed by atoms with Gasteiger partial charge in [0.1, 0.15) is 5.75 Å². The monoisotopic (exact) mass is 463 g/mol. The largest absolute Gasteiger partial charge is 0.497 e. The summed E-state index contributed by atoms with van der Waals surface area (Å²) in [6, 6.07) is 11.5. The summed E-state index contributed by atoms with van der Waals surface area (Å²) in [5.41, 5.74) is 3.84. The summed E-state index contributed by atoms with van der Waals surface area (Å²) in [6.07, 6.45) is 3.22. The van der Waals surface area contributed by atoms with Crippen molar-refractivity contribution in [2.75, 3.05) is 14.2 Å². The van der Waals surface area contributed by atoms with E-state index in [1.165, 1.54) is 16.0 Å². The maximum Gasteiger partial charge on any atom is 0.255 e. The lowest BCUT2D eigenvalue weighted by atomic mass is 10.2. The Bertz CT molecular complexity index is 1260. The number of nitrogens with one attached hydrogen (secondary N) is 1. The molecule has 9 heteroatoms. The molecule has 170 valence electrons. The lowest BCUT2D eigenvalue weighted by Crippen LogP contribution is -2.24. The molecule has 3 aromatic heterocycles. The van der Waals surface area contributed by atoms with Gasteiger partial charge in [-0.25, -0.2) is 9.97 Å². The molecule has 1 aromatic carbocycles. The van der Waals surface area contributed by atoms with Gasteiger partial charge in [-0.1, -0.05) is 12.1 Å². The third-order valence-electron chi connectivity index (χ3n) is 5.16. The number of nitrogens with zero attached hydrogens (tertiary/aromatic N) is 4. The molecule has 4 rings (SSSR count). The number of aryl methyl sites for hydroxylation is 2. The highest BCUT2D eigenvalue weighted by molar-refractivity contribution is 7.12. The number of aromatic nitrogens is 4. The molecule has 0 spiro atoms. The van der Waals surface area contributed by atoms with Crippen LogP contribution in [0.15, 0.2) is 48.8 Å². The number of ether oxygens (including phenoxy) is 2. The average molecular weight is 464 g/mol. The smallest absolute Gasteiger partial charge is 0.255 e. The Hall–Kier alpha value is -3.56. The van der Waals surface area contributed by atoms with E-state index in [0.29, 0.717) is 23.8 Å². The molecule has 8 nitrogen and oxygen atoms in total. The van der Waals surface area contributed by atoms with E-state index in [4.69, 9.17) is 14.5 Å². The topological polar surface area (TPSA) is 91.2 Å². The number of carbonyl (C=O) groups is 1. The average Bonchev–Trinajstić information content (AvgIpc) is 3.40. The number of benzene rings is 1. The minimum atomic E-state index is -0.246. The SMILES string of the molecule is COCc1c(C(=O)NCc2ccc(OC)cc2)cnn1-c1nccc(-c2cc(C)sc2C)n1. The van der Waals surface area contributed by atoms with E-state index in [2.05, 4.69) is 35.3 Å². The van der Waals surface area contributed by atoms with Crippen LogP contribution in [0.3, 0.4) is 0 Å². The van der Waals surface area contributed by atoms with Crippen LogP contribution >= 0.6 is 11.3 Å². The second-order valence-electron chi connectivity index (χ2n) is 7.45. The molecule has 0 aliphatic heterocycles. The number of hydrogen-bond acceptors (Lipinski definition) is 7. The highest BCUT2D eigenvalue weighted by atomic mass is 32.1. The summed E-state index contributed by atoms with van der Waals surface area (Å²) >= 11 is 1.73. The number of rotatable bonds is 8. The Morgan fingerprint density at radius 3 is 2.61 bits per heavy atom. The van der Waals surface area contributed by atoms with Gasteiger partial charge in [0.05, 0.1) is 36.9 Å². The Morgan fingerprint density at radius 2 is 1.94 bits per heavy atom. The van der Waals surface area contributed by atoms with E-state index in [-0.39, 0.29) is 12.5 Å². The molecule has 0 radical (unpaired) electrons. The Morgan fingerprint density at radius 1 is 1.15 bits per heavy atom. The molecule has 33 heavy (non-hydrogen) atoms. The van der Waals surface area contributed by atoms with Crippen molar-refractivity contribution < 1.29 is 14.3 Å². The second-order valence-corrected chi connectivity index (χ2v) is 8.91. The zero-order valence-corrected chi connectivity index (χ0v) is 19.8. The highest BCUT2D eigenvalue weighted by Crippen LogP contribution is 2.29. The van der Waals surface area contributed by atoms with Gasteiger partial charge in [-0.3, -0.25) is 4.79 Å². The first-order valence-corrected chi connectivity index (χ1v) is 11.2. The molecule has 3 heterocycles. The third kappa shape index (κ3) is 4.94. The van der Waals surface area contributed by atoms with Gasteiger partial charge in [-0.2, -0.15) is 9.78 Å². The molecule has 0 atom stereocenters. The van der Waals surface area contributed by atoms with Crippen LogP contribution in [0.5, 0.6) is 5.75 Å². The van der Waals surface area contributed by atoms with Gasteiger partial charge in [0, 0.05) is 35.2 Å². The minimum Gasteiger partial charge on any atom is -0.497 e. The van der Waals surface area contributed by atoms with Gasteiger partial charge < -0.3 is 14.8 Å². The predicted octanol–water partition coefficient (Wildman–Crippen LogP) is 4.09. The van der Waals surface area contributed by atoms with Crippen LogP contribution in [-0.4, -0.2) is 39.9 Å². The van der Waals surface area contributed by atoms with E-state index < -0.39 is 0 Å². The summed E-state index contributed by atoms with van der Waals surface area (Å²) in [7, 11) is 3.19. The van der Waals surface area contributed by atoms with Crippen molar-refractivity contribution in [1.29, 1.82) is 0 Å². The lowest BCUT2D eigenvalue weighted by Gasteiger charge is -2.10. The fourth-order valence-electron chi connectivity index (χ4n) is 3.52. The molecule has 4 aromatic rings. The van der Waals surface area contributed by atoms with E-state index >= 15 is 0 Å². The zero-order chi connectivity index (χ0) is 23.4. The first-order valence-electron chi connectivity index (χ1n) is 10.4. The normalized spacial score (nSPS) is 10.9. The first-order chi connectivity index (χ1) is 16.0. The molecule has 0 unspecified atom stereocenters. The Labute approximate surface area is 196 Å². The molecule has 1 N–H and O–H groups in total. The quantitative estimate of drug-likeness (QED) is 0.423. The summed E-state index contributed by atoms with van der Waals surface area (Å²) < 4.78 is 12.1. The molecular formula is C24H25N5O3S. The predicted molar refractivity (Wildman–Crippen MR) is 127 cm³/mol. The van der Waals surface area contributed by atoms with Crippen molar-refractivity contribution in [2.45, 2.75) is 27.0 Å². The van der Waals surface area contributed by atoms with Gasteiger partial charge in [0.25, 0.3) is 11.9 Å². The maximum absolute atomic E-state index is 12.9. The van der Waals surface area contributed by atoms with Crippen LogP contribution in [0.2, 0.25) is 0 Å². The minimum absolute atomic E-state index is 0.190. The van der Waals surface area contributed by atoms with Crippen LogP contribution in [0.1, 0.15) is 31.4 Å². The molecule has 0 saturated carbocycles. The number of carbonyl (C=O) groups excluding carboxylic acids is 1. The van der Waals surface area contributed by atoms with Crippen molar-refractivity contribution in [3.05, 3.63) is 75.4 Å². The van der Waals surface area contributed by atoms with Gasteiger partial charge >= 0.3 is 0 Å². The van der Waals surface area contributed by atoms with Gasteiger partial charge in [-0.05, 0) is 43.7 Å². The van der Waals surface area contributed by atoms with Crippen LogP contribution in [-0.2, 0) is 17.9 Å². The number of methoxy groups -OCH3 is 2. The second kappa shape index (κ2) is 9.93. The maximum atomic E-state index is 12.9. The molecule has 0 bridgehead atoms. The molecule has 0 fully saturated rings. The first kappa shape index (κ1) is 22.6. The van der Waals surface area contributed by atoms with Crippen molar-refractivity contribution in [2.24, 2.45) is 0 Å². The molecule has 0 aliphatic carbocycles. The number of hydrogen-bond donors (Lipinski definition) is 1. The molecule has 0 aliphatic rings. The third-order valence-corrected chi connectivity index (χ3v) is 6.12. The summed E-state index contributed by atoms with van der Waals surface area (Å²) in [5.74, 6) is 0.908. The van der Waals surface area contributed by atoms with Gasteiger partial charge in [0.15, 0.2) is 0 Å². The van der Waals surface area contributed by atoms with E-state index in [9.17, 15) is 4.79 Å². The van der Waals surface area contributed by atoms with Crippen LogP contribution in [0, 0.1) is 13.8 Å². The van der Waals surface area contributed by atoms with Crippen molar-refractivity contribution in [1.82, 2.24) is 25.1 Å². The standard InChI is InChI=1S/C24H25N5O3S/c1-15-11-19(16(2)33-15)21-9-10-25-24(28-21)29-22(14-31-3)20(13-27-29)23(30)26-12-17-5-7-18(32-4)8-6-17/h5-11,13H,12,14H2,1-4H3,(H,26,30).